The Bertz CT molecular complexity index is 1310. The lowest BCUT2D eigenvalue weighted by Crippen LogP contribution is -2.14. The first-order chi connectivity index (χ1) is 14.9. The Morgan fingerprint density at radius 1 is 1.29 bits per heavy atom. The van der Waals surface area contributed by atoms with Gasteiger partial charge in [0.05, 0.1) is 30.0 Å². The van der Waals surface area contributed by atoms with E-state index in [-0.39, 0.29) is 17.1 Å². The number of hydrogen-bond acceptors (Lipinski definition) is 7. The zero-order valence-corrected chi connectivity index (χ0v) is 17.1. The van der Waals surface area contributed by atoms with Crippen molar-refractivity contribution in [3.8, 4) is 17.0 Å². The molecule has 0 fully saturated rings. The van der Waals surface area contributed by atoms with Gasteiger partial charge in [0.2, 0.25) is 0 Å². The summed E-state index contributed by atoms with van der Waals surface area (Å²) in [5.41, 5.74) is 2.87. The molecular weight excluding hydrogens is 402 g/mol. The number of rotatable bonds is 6. The van der Waals surface area contributed by atoms with Crippen LogP contribution in [-0.2, 0) is 6.54 Å². The van der Waals surface area contributed by atoms with E-state index in [0.29, 0.717) is 11.4 Å². The second kappa shape index (κ2) is 7.86. The summed E-state index contributed by atoms with van der Waals surface area (Å²) in [6, 6.07) is 7.50. The molecular formula is C20H19N7O4. The van der Waals surface area contributed by atoms with E-state index in [4.69, 9.17) is 4.74 Å². The van der Waals surface area contributed by atoms with Crippen LogP contribution in [0.5, 0.6) is 5.75 Å². The molecule has 0 saturated carbocycles. The van der Waals surface area contributed by atoms with E-state index in [1.54, 1.807) is 23.0 Å². The molecule has 0 aliphatic rings. The minimum absolute atomic E-state index is 0.0427. The summed E-state index contributed by atoms with van der Waals surface area (Å²) in [6.45, 7) is 4.69. The number of ether oxygens (including phenoxy) is 1. The molecule has 0 aliphatic carbocycles. The van der Waals surface area contributed by atoms with Gasteiger partial charge in [0.15, 0.2) is 11.3 Å². The van der Waals surface area contributed by atoms with Crippen molar-refractivity contribution in [2.45, 2.75) is 20.4 Å². The number of fused-ring (bicyclic) bond motifs is 1. The van der Waals surface area contributed by atoms with E-state index in [9.17, 15) is 14.9 Å². The number of carbonyl (C=O) groups excluding carboxylic acids is 1. The van der Waals surface area contributed by atoms with E-state index in [0.717, 1.165) is 23.5 Å². The number of aryl methyl sites for hydroxylation is 1. The fraction of sp³-hybridized carbons (Fsp3) is 0.200. The van der Waals surface area contributed by atoms with Crippen LogP contribution in [0.1, 0.15) is 23.1 Å². The smallest absolute Gasteiger partial charge is 0.296 e. The van der Waals surface area contributed by atoms with Gasteiger partial charge in [0.1, 0.15) is 11.4 Å². The van der Waals surface area contributed by atoms with E-state index in [2.05, 4.69) is 20.5 Å². The largest absolute Gasteiger partial charge is 0.496 e. The SMILES string of the molecule is CCn1ncc(-c2ccnc3cc(C(=O)Nc4ccc(OC)cc4[N+](=O)[O-])nn23)c1C. The van der Waals surface area contributed by atoms with Crippen LogP contribution < -0.4 is 10.1 Å². The molecule has 4 aromatic rings. The Hall–Kier alpha value is -4.28. The first-order valence-corrected chi connectivity index (χ1v) is 9.44. The maximum atomic E-state index is 12.8. The van der Waals surface area contributed by atoms with Crippen LogP contribution in [0, 0.1) is 17.0 Å². The topological polar surface area (TPSA) is 129 Å². The highest BCUT2D eigenvalue weighted by atomic mass is 16.6. The van der Waals surface area contributed by atoms with E-state index < -0.39 is 10.8 Å². The third kappa shape index (κ3) is 3.56. The quantitative estimate of drug-likeness (QED) is 0.374. The van der Waals surface area contributed by atoms with Gasteiger partial charge >= 0.3 is 0 Å². The predicted octanol–water partition coefficient (Wildman–Crippen LogP) is 3.09. The molecule has 1 amide bonds. The molecule has 3 aromatic heterocycles. The van der Waals surface area contributed by atoms with Gasteiger partial charge in [0, 0.05) is 30.1 Å². The van der Waals surface area contributed by atoms with Crippen LogP contribution >= 0.6 is 0 Å². The number of nitrogens with one attached hydrogen (secondary N) is 1. The fourth-order valence-electron chi connectivity index (χ4n) is 3.31. The summed E-state index contributed by atoms with van der Waals surface area (Å²) in [5.74, 6) is -0.278. The summed E-state index contributed by atoms with van der Waals surface area (Å²) >= 11 is 0. The lowest BCUT2D eigenvalue weighted by molar-refractivity contribution is -0.384. The van der Waals surface area contributed by atoms with Crippen molar-refractivity contribution in [1.29, 1.82) is 0 Å². The molecule has 0 spiro atoms. The lowest BCUT2D eigenvalue weighted by Gasteiger charge is -2.06. The molecule has 0 radical (unpaired) electrons. The van der Waals surface area contributed by atoms with Gasteiger partial charge in [-0.2, -0.15) is 10.2 Å². The zero-order valence-electron chi connectivity index (χ0n) is 17.1. The van der Waals surface area contributed by atoms with Crippen molar-refractivity contribution in [3.63, 3.8) is 0 Å². The normalized spacial score (nSPS) is 10.9. The summed E-state index contributed by atoms with van der Waals surface area (Å²) in [4.78, 5) is 27.8. The minimum Gasteiger partial charge on any atom is -0.496 e. The second-order valence-electron chi connectivity index (χ2n) is 6.68. The Balaban J connectivity index is 1.71. The zero-order chi connectivity index (χ0) is 22.1. The number of nitrogens with zero attached hydrogens (tertiary/aromatic N) is 6. The molecule has 4 rings (SSSR count). The number of nitro groups is 1. The maximum absolute atomic E-state index is 12.8. The van der Waals surface area contributed by atoms with Gasteiger partial charge in [-0.1, -0.05) is 0 Å². The van der Waals surface area contributed by atoms with Crippen LogP contribution in [0.4, 0.5) is 11.4 Å². The lowest BCUT2D eigenvalue weighted by atomic mass is 10.2. The van der Waals surface area contributed by atoms with Crippen molar-refractivity contribution < 1.29 is 14.5 Å². The van der Waals surface area contributed by atoms with Crippen molar-refractivity contribution in [2.75, 3.05) is 12.4 Å². The molecule has 3 heterocycles. The molecule has 1 aromatic carbocycles. The van der Waals surface area contributed by atoms with Crippen LogP contribution in [0.3, 0.4) is 0 Å². The summed E-state index contributed by atoms with van der Waals surface area (Å²) < 4.78 is 8.44. The van der Waals surface area contributed by atoms with Crippen LogP contribution in [0.25, 0.3) is 16.9 Å². The van der Waals surface area contributed by atoms with Gasteiger partial charge in [-0.05, 0) is 32.0 Å². The van der Waals surface area contributed by atoms with E-state index in [1.807, 2.05) is 18.5 Å². The van der Waals surface area contributed by atoms with Gasteiger partial charge in [-0.3, -0.25) is 19.6 Å². The molecule has 1 N–H and O–H groups in total. The van der Waals surface area contributed by atoms with E-state index in [1.165, 1.54) is 31.4 Å². The first-order valence-electron chi connectivity index (χ1n) is 9.44. The summed E-state index contributed by atoms with van der Waals surface area (Å²) in [6.07, 6.45) is 3.38. The maximum Gasteiger partial charge on any atom is 0.296 e. The number of anilines is 1. The molecule has 158 valence electrons. The third-order valence-corrected chi connectivity index (χ3v) is 4.92. The highest BCUT2D eigenvalue weighted by molar-refractivity contribution is 6.04. The highest BCUT2D eigenvalue weighted by Gasteiger charge is 2.21. The number of carbonyl (C=O) groups is 1. The monoisotopic (exact) mass is 421 g/mol. The number of nitro benzene ring substituents is 1. The van der Waals surface area contributed by atoms with Gasteiger partial charge < -0.3 is 10.1 Å². The van der Waals surface area contributed by atoms with E-state index >= 15 is 0 Å². The second-order valence-corrected chi connectivity index (χ2v) is 6.68. The Morgan fingerprint density at radius 2 is 2.10 bits per heavy atom. The molecule has 31 heavy (non-hydrogen) atoms. The third-order valence-electron chi connectivity index (χ3n) is 4.92. The first kappa shape index (κ1) is 20.0. The Morgan fingerprint density at radius 3 is 2.77 bits per heavy atom. The molecule has 11 nitrogen and oxygen atoms in total. The van der Waals surface area contributed by atoms with Crippen molar-refractivity contribution in [1.82, 2.24) is 24.4 Å². The Labute approximate surface area is 176 Å². The molecule has 0 saturated heterocycles. The average Bonchev–Trinajstić information content (AvgIpc) is 3.37. The van der Waals surface area contributed by atoms with Crippen molar-refractivity contribution >= 4 is 22.9 Å². The molecule has 0 aliphatic heterocycles. The van der Waals surface area contributed by atoms with Gasteiger partial charge in [-0.15, -0.1) is 0 Å². The summed E-state index contributed by atoms with van der Waals surface area (Å²) in [5, 5.41) is 22.7. The molecule has 0 unspecified atom stereocenters. The number of methoxy groups -OCH3 is 1. The molecule has 0 bridgehead atoms. The number of amides is 1. The van der Waals surface area contributed by atoms with Crippen LogP contribution in [0.2, 0.25) is 0 Å². The van der Waals surface area contributed by atoms with Crippen LogP contribution in [0.15, 0.2) is 42.7 Å². The Kier molecular flexibility index (Phi) is 5.07. The summed E-state index contributed by atoms with van der Waals surface area (Å²) in [7, 11) is 1.41. The fourth-order valence-corrected chi connectivity index (χ4v) is 3.31. The molecule has 11 heteroatoms. The average molecular weight is 421 g/mol. The van der Waals surface area contributed by atoms with Crippen LogP contribution in [-0.4, -0.2) is 42.3 Å². The minimum atomic E-state index is -0.592. The number of hydrogen-bond donors (Lipinski definition) is 1. The number of benzene rings is 1. The van der Waals surface area contributed by atoms with Crippen molar-refractivity contribution in [3.05, 3.63) is 64.2 Å². The predicted molar refractivity (Wildman–Crippen MR) is 112 cm³/mol. The standard InChI is InChI=1S/C20H19N7O4/c1-4-25-12(2)14(11-22-25)17-7-8-21-19-10-16(24-26(17)19)20(28)23-15-6-5-13(31-3)9-18(15)27(29)30/h5-11H,4H2,1-3H3,(H,23,28). The van der Waals surface area contributed by atoms with Crippen molar-refractivity contribution in [2.24, 2.45) is 0 Å². The molecule has 0 atom stereocenters. The number of aromatic nitrogens is 5. The van der Waals surface area contributed by atoms with Gasteiger partial charge in [0.25, 0.3) is 11.6 Å². The highest BCUT2D eigenvalue weighted by Crippen LogP contribution is 2.29. The van der Waals surface area contributed by atoms with Gasteiger partial charge in [-0.25, -0.2) is 9.50 Å².